The first-order chi connectivity index (χ1) is 7.56. The number of nitrogens with one attached hydrogen (secondary N) is 1. The molecule has 104 valence electrons. The van der Waals surface area contributed by atoms with Crippen LogP contribution in [0.2, 0.25) is 0 Å². The molecule has 0 heterocycles. The summed E-state index contributed by atoms with van der Waals surface area (Å²) in [6.07, 6.45) is 2.54. The molecule has 0 aromatic carbocycles. The van der Waals surface area contributed by atoms with E-state index in [-0.39, 0.29) is 24.4 Å². The number of nitrogens with two attached hydrogens (primary N) is 1. The van der Waals surface area contributed by atoms with Crippen LogP contribution in [-0.2, 0) is 9.53 Å². The van der Waals surface area contributed by atoms with Crippen molar-refractivity contribution in [1.29, 1.82) is 0 Å². The Kier molecular flexibility index (Phi) is 13.6. The third kappa shape index (κ3) is 13.6. The highest BCUT2D eigenvalue weighted by atomic mass is 35.5. The maximum atomic E-state index is 11.3. The van der Waals surface area contributed by atoms with Gasteiger partial charge in [0.2, 0.25) is 5.91 Å². The first-order valence-electron chi connectivity index (χ1n) is 6.14. The van der Waals surface area contributed by atoms with Crippen molar-refractivity contribution in [2.45, 2.75) is 46.1 Å². The van der Waals surface area contributed by atoms with Crippen LogP contribution >= 0.6 is 12.4 Å². The van der Waals surface area contributed by atoms with Gasteiger partial charge in [0.05, 0.1) is 12.7 Å². The minimum Gasteiger partial charge on any atom is -0.378 e. The number of carbonyl (C=O) groups excluding carboxylic acids is 1. The number of halogens is 1. The van der Waals surface area contributed by atoms with E-state index >= 15 is 0 Å². The van der Waals surface area contributed by atoms with E-state index in [9.17, 15) is 4.79 Å². The molecule has 1 atom stereocenters. The van der Waals surface area contributed by atoms with Gasteiger partial charge in [-0.15, -0.1) is 12.4 Å². The Balaban J connectivity index is 0. The summed E-state index contributed by atoms with van der Waals surface area (Å²) in [4.78, 5) is 11.3. The van der Waals surface area contributed by atoms with E-state index in [4.69, 9.17) is 10.5 Å². The molecule has 0 saturated heterocycles. The summed E-state index contributed by atoms with van der Waals surface area (Å²) in [5.74, 6) is 0.679. The van der Waals surface area contributed by atoms with Crippen molar-refractivity contribution < 1.29 is 9.53 Å². The number of hydrogen-bond donors (Lipinski definition) is 2. The molecular weight excluding hydrogens is 240 g/mol. The fourth-order valence-electron chi connectivity index (χ4n) is 1.50. The smallest absolute Gasteiger partial charge is 0.222 e. The second-order valence-corrected chi connectivity index (χ2v) is 4.55. The zero-order valence-electron chi connectivity index (χ0n) is 11.2. The molecule has 0 aliphatic heterocycles. The van der Waals surface area contributed by atoms with Crippen LogP contribution in [0.4, 0.5) is 0 Å². The topological polar surface area (TPSA) is 64.3 Å². The molecule has 1 amide bonds. The summed E-state index contributed by atoms with van der Waals surface area (Å²) in [5, 5.41) is 2.80. The Morgan fingerprint density at radius 2 is 2.00 bits per heavy atom. The SMILES string of the molecule is CC(C)CC(C)OCCC(=O)NCCCN.Cl. The van der Waals surface area contributed by atoms with Crippen LogP contribution in [0.3, 0.4) is 0 Å². The lowest BCUT2D eigenvalue weighted by Crippen LogP contribution is -2.27. The van der Waals surface area contributed by atoms with Gasteiger partial charge in [-0.1, -0.05) is 13.8 Å². The fourth-order valence-corrected chi connectivity index (χ4v) is 1.50. The highest BCUT2D eigenvalue weighted by molar-refractivity contribution is 5.85. The Hall–Kier alpha value is -0.320. The molecule has 0 aromatic rings. The maximum Gasteiger partial charge on any atom is 0.222 e. The van der Waals surface area contributed by atoms with Crippen molar-refractivity contribution in [3.05, 3.63) is 0 Å². The van der Waals surface area contributed by atoms with Gasteiger partial charge in [0.15, 0.2) is 0 Å². The van der Waals surface area contributed by atoms with E-state index in [1.54, 1.807) is 0 Å². The molecule has 1 unspecified atom stereocenters. The van der Waals surface area contributed by atoms with Gasteiger partial charge in [0.25, 0.3) is 0 Å². The van der Waals surface area contributed by atoms with Crippen LogP contribution in [0.1, 0.15) is 40.0 Å². The highest BCUT2D eigenvalue weighted by Crippen LogP contribution is 2.07. The van der Waals surface area contributed by atoms with E-state index in [2.05, 4.69) is 19.2 Å². The predicted octanol–water partition coefficient (Wildman–Crippen LogP) is 1.71. The normalized spacial score (nSPS) is 12.1. The standard InChI is InChI=1S/C12H26N2O2.ClH/c1-10(2)9-11(3)16-8-5-12(15)14-7-4-6-13;/h10-11H,4-9,13H2,1-3H3,(H,14,15);1H. The third-order valence-electron chi connectivity index (χ3n) is 2.24. The average Bonchev–Trinajstić information content (AvgIpc) is 2.17. The summed E-state index contributed by atoms with van der Waals surface area (Å²) < 4.78 is 5.54. The highest BCUT2D eigenvalue weighted by Gasteiger charge is 2.06. The van der Waals surface area contributed by atoms with Crippen LogP contribution < -0.4 is 11.1 Å². The van der Waals surface area contributed by atoms with Gasteiger partial charge in [-0.05, 0) is 32.2 Å². The van der Waals surface area contributed by atoms with Crippen LogP contribution in [0.25, 0.3) is 0 Å². The Morgan fingerprint density at radius 1 is 1.35 bits per heavy atom. The lowest BCUT2D eigenvalue weighted by Gasteiger charge is -2.14. The summed E-state index contributed by atoms with van der Waals surface area (Å²) in [5.41, 5.74) is 5.32. The molecule has 17 heavy (non-hydrogen) atoms. The molecule has 0 spiro atoms. The molecule has 3 N–H and O–H groups in total. The quantitative estimate of drug-likeness (QED) is 0.625. The van der Waals surface area contributed by atoms with Crippen molar-refractivity contribution in [3.63, 3.8) is 0 Å². The predicted molar refractivity (Wildman–Crippen MR) is 73.4 cm³/mol. The molecule has 0 saturated carbocycles. The van der Waals surface area contributed by atoms with Gasteiger partial charge in [0.1, 0.15) is 0 Å². The molecular formula is C12H27ClN2O2. The lowest BCUT2D eigenvalue weighted by molar-refractivity contribution is -0.122. The van der Waals surface area contributed by atoms with Crippen molar-refractivity contribution >= 4 is 18.3 Å². The zero-order valence-corrected chi connectivity index (χ0v) is 12.0. The molecule has 5 heteroatoms. The van der Waals surface area contributed by atoms with Crippen molar-refractivity contribution in [2.75, 3.05) is 19.7 Å². The molecule has 0 rings (SSSR count). The van der Waals surface area contributed by atoms with Gasteiger partial charge < -0.3 is 15.8 Å². The van der Waals surface area contributed by atoms with E-state index < -0.39 is 0 Å². The third-order valence-corrected chi connectivity index (χ3v) is 2.24. The van der Waals surface area contributed by atoms with Crippen molar-refractivity contribution in [3.8, 4) is 0 Å². The van der Waals surface area contributed by atoms with Crippen molar-refractivity contribution in [2.24, 2.45) is 11.7 Å². The lowest BCUT2D eigenvalue weighted by atomic mass is 10.1. The second kappa shape index (κ2) is 12.1. The summed E-state index contributed by atoms with van der Waals surface area (Å²) in [7, 11) is 0. The van der Waals surface area contributed by atoms with Crippen LogP contribution in [0, 0.1) is 5.92 Å². The number of carbonyl (C=O) groups is 1. The molecule has 0 aliphatic rings. The van der Waals surface area contributed by atoms with Crippen LogP contribution in [0.15, 0.2) is 0 Å². The number of hydrogen-bond acceptors (Lipinski definition) is 3. The van der Waals surface area contributed by atoms with Crippen molar-refractivity contribution in [1.82, 2.24) is 5.32 Å². The van der Waals surface area contributed by atoms with E-state index in [1.165, 1.54) is 0 Å². The number of amides is 1. The van der Waals surface area contributed by atoms with Gasteiger partial charge in [-0.3, -0.25) is 4.79 Å². The summed E-state index contributed by atoms with van der Waals surface area (Å²) in [6.45, 7) is 8.16. The maximum absolute atomic E-state index is 11.3. The number of rotatable bonds is 9. The average molecular weight is 267 g/mol. The van der Waals surface area contributed by atoms with Gasteiger partial charge in [-0.2, -0.15) is 0 Å². The van der Waals surface area contributed by atoms with E-state index in [1.807, 2.05) is 6.92 Å². The second-order valence-electron chi connectivity index (χ2n) is 4.55. The largest absolute Gasteiger partial charge is 0.378 e. The Labute approximate surface area is 111 Å². The molecule has 4 nitrogen and oxygen atoms in total. The van der Waals surface area contributed by atoms with Crippen LogP contribution in [-0.4, -0.2) is 31.7 Å². The molecule has 0 aromatic heterocycles. The van der Waals surface area contributed by atoms with Gasteiger partial charge >= 0.3 is 0 Å². The molecule has 0 bridgehead atoms. The summed E-state index contributed by atoms with van der Waals surface area (Å²) >= 11 is 0. The van der Waals surface area contributed by atoms with Crippen LogP contribution in [0.5, 0.6) is 0 Å². The summed E-state index contributed by atoms with van der Waals surface area (Å²) in [6, 6.07) is 0. The molecule has 0 fully saturated rings. The van der Waals surface area contributed by atoms with E-state index in [0.717, 1.165) is 12.8 Å². The Bertz CT molecular complexity index is 189. The molecule has 0 radical (unpaired) electrons. The monoisotopic (exact) mass is 266 g/mol. The minimum atomic E-state index is 0. The van der Waals surface area contributed by atoms with Gasteiger partial charge in [-0.25, -0.2) is 0 Å². The number of ether oxygens (including phenoxy) is 1. The first kappa shape index (κ1) is 19.0. The van der Waals surface area contributed by atoms with E-state index in [0.29, 0.717) is 32.0 Å². The molecule has 0 aliphatic carbocycles. The zero-order chi connectivity index (χ0) is 12.4. The minimum absolute atomic E-state index is 0. The van der Waals surface area contributed by atoms with Gasteiger partial charge in [0, 0.05) is 13.0 Å². The first-order valence-corrected chi connectivity index (χ1v) is 6.14. The Morgan fingerprint density at radius 3 is 2.53 bits per heavy atom. The fraction of sp³-hybridized carbons (Fsp3) is 0.917.